The van der Waals surface area contributed by atoms with Gasteiger partial charge in [-0.3, -0.25) is 4.79 Å². The third-order valence-electron chi connectivity index (χ3n) is 4.61. The Morgan fingerprint density at radius 1 is 1.27 bits per heavy atom. The van der Waals surface area contributed by atoms with Gasteiger partial charge in [-0.25, -0.2) is 4.98 Å². The number of fused-ring (bicyclic) bond motifs is 1. The van der Waals surface area contributed by atoms with Crippen molar-refractivity contribution >= 4 is 34.3 Å². The highest BCUT2D eigenvalue weighted by atomic mass is 32.2. The zero-order valence-electron chi connectivity index (χ0n) is 16.8. The predicted octanol–water partition coefficient (Wildman–Crippen LogP) is 4.52. The van der Waals surface area contributed by atoms with Crippen LogP contribution >= 0.6 is 11.8 Å². The van der Waals surface area contributed by atoms with E-state index in [0.29, 0.717) is 22.9 Å². The highest BCUT2D eigenvalue weighted by Gasteiger charge is 2.14. The van der Waals surface area contributed by atoms with Crippen LogP contribution in [0.25, 0.3) is 10.9 Å². The number of aromatic nitrogens is 3. The number of nitrogens with zero attached hydrogens (tertiary/aromatic N) is 3. The number of thioether (sulfide) groups is 1. The van der Waals surface area contributed by atoms with Gasteiger partial charge in [0.1, 0.15) is 10.8 Å². The second-order valence-electron chi connectivity index (χ2n) is 6.80. The maximum atomic E-state index is 12.9. The van der Waals surface area contributed by atoms with Crippen LogP contribution in [0.2, 0.25) is 0 Å². The summed E-state index contributed by atoms with van der Waals surface area (Å²) < 4.78 is 12.4. The van der Waals surface area contributed by atoms with Crippen molar-refractivity contribution in [2.45, 2.75) is 24.2 Å². The number of pyridine rings is 1. The SMILES string of the molecule is COCCn1ccc2cc(NC(=O)c3cccnc3SCc3cc(C)on3)ccc21. The van der Waals surface area contributed by atoms with Crippen molar-refractivity contribution in [2.24, 2.45) is 0 Å². The Balaban J connectivity index is 1.48. The lowest BCUT2D eigenvalue weighted by Gasteiger charge is -2.09. The Kier molecular flexibility index (Phi) is 6.15. The van der Waals surface area contributed by atoms with Crippen LogP contribution in [0.1, 0.15) is 21.8 Å². The van der Waals surface area contributed by atoms with Crippen molar-refractivity contribution in [3.63, 3.8) is 0 Å². The average Bonchev–Trinajstić information content (AvgIpc) is 3.36. The van der Waals surface area contributed by atoms with E-state index in [9.17, 15) is 4.79 Å². The molecule has 0 aliphatic heterocycles. The molecule has 0 fully saturated rings. The average molecular weight is 423 g/mol. The third-order valence-corrected chi connectivity index (χ3v) is 5.65. The van der Waals surface area contributed by atoms with E-state index in [4.69, 9.17) is 9.26 Å². The number of carbonyl (C=O) groups excluding carboxylic acids is 1. The summed E-state index contributed by atoms with van der Waals surface area (Å²) >= 11 is 1.46. The number of hydrogen-bond donors (Lipinski definition) is 1. The van der Waals surface area contributed by atoms with Gasteiger partial charge in [0.05, 0.1) is 17.9 Å². The van der Waals surface area contributed by atoms with Crippen molar-refractivity contribution in [3.8, 4) is 0 Å². The number of hydrogen-bond acceptors (Lipinski definition) is 6. The monoisotopic (exact) mass is 422 g/mol. The van der Waals surface area contributed by atoms with Crippen molar-refractivity contribution < 1.29 is 14.1 Å². The molecule has 4 aromatic rings. The fraction of sp³-hybridized carbons (Fsp3) is 0.227. The maximum absolute atomic E-state index is 12.9. The minimum atomic E-state index is -0.194. The number of anilines is 1. The fourth-order valence-corrected chi connectivity index (χ4v) is 4.04. The highest BCUT2D eigenvalue weighted by Crippen LogP contribution is 2.26. The summed E-state index contributed by atoms with van der Waals surface area (Å²) in [6, 6.07) is 13.3. The number of benzene rings is 1. The minimum Gasteiger partial charge on any atom is -0.383 e. The van der Waals surface area contributed by atoms with E-state index < -0.39 is 0 Å². The number of amides is 1. The van der Waals surface area contributed by atoms with Gasteiger partial charge in [-0.05, 0) is 43.3 Å². The Hall–Kier alpha value is -3.10. The summed E-state index contributed by atoms with van der Waals surface area (Å²) in [6.07, 6.45) is 3.71. The molecule has 0 radical (unpaired) electrons. The fourth-order valence-electron chi connectivity index (χ4n) is 3.17. The Bertz CT molecular complexity index is 1170. The Morgan fingerprint density at radius 3 is 2.97 bits per heavy atom. The molecule has 0 saturated carbocycles. The first-order valence-electron chi connectivity index (χ1n) is 9.53. The van der Waals surface area contributed by atoms with E-state index in [1.807, 2.05) is 43.5 Å². The molecule has 154 valence electrons. The van der Waals surface area contributed by atoms with Crippen molar-refractivity contribution in [3.05, 3.63) is 71.9 Å². The molecule has 0 saturated heterocycles. The molecule has 1 aromatic carbocycles. The van der Waals surface area contributed by atoms with Gasteiger partial charge in [-0.15, -0.1) is 0 Å². The summed E-state index contributed by atoms with van der Waals surface area (Å²) in [5, 5.41) is 8.69. The van der Waals surface area contributed by atoms with Gasteiger partial charge in [0.15, 0.2) is 0 Å². The van der Waals surface area contributed by atoms with E-state index in [1.165, 1.54) is 11.8 Å². The van der Waals surface area contributed by atoms with Crippen LogP contribution in [0.5, 0.6) is 0 Å². The van der Waals surface area contributed by atoms with Crippen LogP contribution in [-0.2, 0) is 17.0 Å². The summed E-state index contributed by atoms with van der Waals surface area (Å²) in [6.45, 7) is 3.29. The van der Waals surface area contributed by atoms with Crippen molar-refractivity contribution in [2.75, 3.05) is 19.0 Å². The molecule has 0 unspecified atom stereocenters. The molecule has 0 aliphatic carbocycles. The molecule has 7 nitrogen and oxygen atoms in total. The molecule has 1 amide bonds. The van der Waals surface area contributed by atoms with E-state index in [1.54, 1.807) is 25.4 Å². The first-order valence-corrected chi connectivity index (χ1v) is 10.5. The van der Waals surface area contributed by atoms with E-state index in [-0.39, 0.29) is 5.91 Å². The van der Waals surface area contributed by atoms with Crippen LogP contribution in [0.15, 0.2) is 64.4 Å². The maximum Gasteiger partial charge on any atom is 0.258 e. The van der Waals surface area contributed by atoms with Gasteiger partial charge in [0, 0.05) is 54.5 Å². The second-order valence-corrected chi connectivity index (χ2v) is 7.77. The summed E-state index contributed by atoms with van der Waals surface area (Å²) in [5.74, 6) is 1.14. The lowest BCUT2D eigenvalue weighted by atomic mass is 10.2. The third kappa shape index (κ3) is 4.55. The summed E-state index contributed by atoms with van der Waals surface area (Å²) in [4.78, 5) is 17.3. The molecule has 0 aliphatic rings. The first kappa shape index (κ1) is 20.2. The van der Waals surface area contributed by atoms with Gasteiger partial charge < -0.3 is 19.1 Å². The Morgan fingerprint density at radius 2 is 2.17 bits per heavy atom. The molecule has 0 bridgehead atoms. The number of aryl methyl sites for hydroxylation is 1. The Labute approximate surface area is 178 Å². The minimum absolute atomic E-state index is 0.194. The lowest BCUT2D eigenvalue weighted by molar-refractivity contribution is 0.102. The van der Waals surface area contributed by atoms with Gasteiger partial charge in [-0.2, -0.15) is 0 Å². The van der Waals surface area contributed by atoms with Crippen LogP contribution in [0.4, 0.5) is 5.69 Å². The molecule has 30 heavy (non-hydrogen) atoms. The molecule has 8 heteroatoms. The number of rotatable bonds is 8. The molecular formula is C22H22N4O3S. The standard InChI is InChI=1S/C22H22N4O3S/c1-15-12-18(25-29-15)14-30-22-19(4-3-8-23-22)21(27)24-17-5-6-20-16(13-17)7-9-26(20)10-11-28-2/h3-9,12-13H,10-11,14H2,1-2H3,(H,24,27). The topological polar surface area (TPSA) is 82.2 Å². The molecule has 4 rings (SSSR count). The van der Waals surface area contributed by atoms with Crippen LogP contribution in [-0.4, -0.2) is 34.3 Å². The molecule has 3 aromatic heterocycles. The number of ether oxygens (including phenoxy) is 1. The van der Waals surface area contributed by atoms with Crippen LogP contribution in [0, 0.1) is 6.92 Å². The largest absolute Gasteiger partial charge is 0.383 e. The number of carbonyl (C=O) groups is 1. The van der Waals surface area contributed by atoms with Gasteiger partial charge in [0.2, 0.25) is 0 Å². The zero-order chi connectivity index (χ0) is 20.9. The van der Waals surface area contributed by atoms with Gasteiger partial charge in [-0.1, -0.05) is 16.9 Å². The molecule has 3 heterocycles. The van der Waals surface area contributed by atoms with Gasteiger partial charge >= 0.3 is 0 Å². The van der Waals surface area contributed by atoms with E-state index in [2.05, 4.69) is 20.0 Å². The molecule has 0 spiro atoms. The highest BCUT2D eigenvalue weighted by molar-refractivity contribution is 7.98. The van der Waals surface area contributed by atoms with Crippen molar-refractivity contribution in [1.29, 1.82) is 0 Å². The molecule has 0 atom stereocenters. The van der Waals surface area contributed by atoms with E-state index in [0.717, 1.165) is 34.6 Å². The smallest absolute Gasteiger partial charge is 0.258 e. The number of methoxy groups -OCH3 is 1. The lowest BCUT2D eigenvalue weighted by Crippen LogP contribution is -2.13. The number of nitrogens with one attached hydrogen (secondary N) is 1. The summed E-state index contributed by atoms with van der Waals surface area (Å²) in [7, 11) is 1.69. The predicted molar refractivity (Wildman–Crippen MR) is 117 cm³/mol. The van der Waals surface area contributed by atoms with E-state index >= 15 is 0 Å². The molecular weight excluding hydrogens is 400 g/mol. The zero-order valence-corrected chi connectivity index (χ0v) is 17.6. The van der Waals surface area contributed by atoms with Crippen LogP contribution < -0.4 is 5.32 Å². The van der Waals surface area contributed by atoms with Gasteiger partial charge in [0.25, 0.3) is 5.91 Å². The summed E-state index contributed by atoms with van der Waals surface area (Å²) in [5.41, 5.74) is 3.19. The normalized spacial score (nSPS) is 11.1. The first-order chi connectivity index (χ1) is 14.6. The second kappa shape index (κ2) is 9.15. The quantitative estimate of drug-likeness (QED) is 0.420. The van der Waals surface area contributed by atoms with Crippen molar-refractivity contribution in [1.82, 2.24) is 14.7 Å². The van der Waals surface area contributed by atoms with Crippen LogP contribution in [0.3, 0.4) is 0 Å². The molecule has 1 N–H and O–H groups in total.